The molecule has 5 heterocycles. The van der Waals surface area contributed by atoms with E-state index < -0.39 is 5.97 Å². The van der Waals surface area contributed by atoms with Crippen molar-refractivity contribution in [2.45, 2.75) is 0 Å². The molecule has 242 valence electrons. The quantitative estimate of drug-likeness (QED) is 0.171. The molecule has 0 fully saturated rings. The molecule has 0 amide bonds. The number of carboxylic acid groups (broad SMARTS) is 1. The second kappa shape index (κ2) is 12.4. The Balaban J connectivity index is 1.48. The van der Waals surface area contributed by atoms with Gasteiger partial charge in [-0.1, -0.05) is 103 Å². The lowest BCUT2D eigenvalue weighted by atomic mass is 10.0. The Morgan fingerprint density at radius 1 is 0.412 bits per heavy atom. The number of nitrogens with zero attached hydrogens (tertiary/aromatic N) is 2. The number of aromatic carboxylic acids is 1. The first kappa shape index (κ1) is 30.0. The van der Waals surface area contributed by atoms with Gasteiger partial charge in [-0.25, -0.2) is 14.8 Å². The molecule has 8 bridgehead atoms. The fraction of sp³-hybridized carbons (Fsp3) is 0. The molecule has 0 aliphatic carbocycles. The van der Waals surface area contributed by atoms with E-state index in [1.807, 2.05) is 78.9 Å². The fourth-order valence-electron chi connectivity index (χ4n) is 7.04. The van der Waals surface area contributed by atoms with Crippen LogP contribution in [0.25, 0.3) is 90.9 Å². The van der Waals surface area contributed by atoms with Gasteiger partial charge < -0.3 is 15.1 Å². The minimum atomic E-state index is -0.985. The van der Waals surface area contributed by atoms with Gasteiger partial charge in [0.15, 0.2) is 0 Å². The molecule has 0 unspecified atom stereocenters. The summed E-state index contributed by atoms with van der Waals surface area (Å²) >= 11 is 0. The van der Waals surface area contributed by atoms with Gasteiger partial charge in [-0.15, -0.1) is 0 Å². The van der Waals surface area contributed by atoms with Crippen molar-refractivity contribution in [1.82, 2.24) is 19.9 Å². The number of hydrogen-bond donors (Lipinski definition) is 3. The highest BCUT2D eigenvalue weighted by Gasteiger charge is 2.19. The maximum atomic E-state index is 12.1. The number of aromatic nitrogens is 4. The van der Waals surface area contributed by atoms with Crippen molar-refractivity contribution in [3.63, 3.8) is 0 Å². The highest BCUT2D eigenvalue weighted by Crippen LogP contribution is 2.38. The third-order valence-corrected chi connectivity index (χ3v) is 9.34. The summed E-state index contributed by atoms with van der Waals surface area (Å²) in [5.74, 6) is -0.985. The van der Waals surface area contributed by atoms with Crippen molar-refractivity contribution in [2.24, 2.45) is 0 Å². The van der Waals surface area contributed by atoms with E-state index in [0.29, 0.717) is 0 Å². The van der Waals surface area contributed by atoms with Gasteiger partial charge in [0.1, 0.15) is 0 Å². The fourth-order valence-corrected chi connectivity index (χ4v) is 7.04. The number of carboxylic acids is 1. The average molecular weight is 659 g/mol. The second-order valence-corrected chi connectivity index (χ2v) is 12.5. The predicted molar refractivity (Wildman–Crippen MR) is 208 cm³/mol. The number of H-pyrrole nitrogens is 2. The van der Waals surface area contributed by atoms with E-state index in [1.165, 1.54) is 0 Å². The summed E-state index contributed by atoms with van der Waals surface area (Å²) in [4.78, 5) is 30.2. The minimum absolute atomic E-state index is 0.205. The summed E-state index contributed by atoms with van der Waals surface area (Å²) in [7, 11) is 0. The van der Waals surface area contributed by atoms with Crippen molar-refractivity contribution >= 4 is 52.3 Å². The first-order valence-corrected chi connectivity index (χ1v) is 16.8. The van der Waals surface area contributed by atoms with Crippen LogP contribution >= 0.6 is 0 Å². The Bertz CT molecular complexity index is 2670. The van der Waals surface area contributed by atoms with Gasteiger partial charge in [-0.05, 0) is 83.0 Å². The van der Waals surface area contributed by atoms with E-state index in [1.54, 1.807) is 18.2 Å². The van der Waals surface area contributed by atoms with Crippen LogP contribution in [0.3, 0.4) is 0 Å². The lowest BCUT2D eigenvalue weighted by Crippen LogP contribution is -1.96. The first-order chi connectivity index (χ1) is 25.1. The van der Waals surface area contributed by atoms with Crippen LogP contribution in [-0.2, 0) is 0 Å². The second-order valence-electron chi connectivity index (χ2n) is 12.5. The van der Waals surface area contributed by atoms with Crippen molar-refractivity contribution in [2.75, 3.05) is 0 Å². The molecule has 3 aromatic heterocycles. The molecular formula is C45H30N4O2. The zero-order chi connectivity index (χ0) is 34.3. The standard InChI is InChI=1S/C45H30N4O2/c50-45(51)32-18-10-17-31(27-32)44-39-25-23-37(48-39)42(29-13-6-2-7-14-29)35-21-19-33(46-35)41(28-11-4-1-5-12-28)34-20-22-36(47-34)43(30-15-8-3-9-16-30)38-24-26-40(44)49-38/h1-27,46,49H,(H,50,51). The number of nitrogens with one attached hydrogen (secondary N) is 2. The number of benzene rings is 4. The van der Waals surface area contributed by atoms with E-state index in [-0.39, 0.29) is 5.56 Å². The Morgan fingerprint density at radius 3 is 1.10 bits per heavy atom. The number of fused-ring (bicyclic) bond motifs is 8. The molecule has 2 aliphatic rings. The molecule has 0 atom stereocenters. The van der Waals surface area contributed by atoms with Crippen LogP contribution in [0.1, 0.15) is 33.1 Å². The summed E-state index contributed by atoms with van der Waals surface area (Å²) in [6, 6.07) is 46.2. The summed E-state index contributed by atoms with van der Waals surface area (Å²) in [6.07, 6.45) is 8.22. The van der Waals surface area contributed by atoms with Crippen molar-refractivity contribution in [1.29, 1.82) is 0 Å². The molecule has 0 saturated carbocycles. The molecule has 6 heteroatoms. The normalized spacial score (nSPS) is 11.9. The van der Waals surface area contributed by atoms with Crippen LogP contribution in [-0.4, -0.2) is 31.0 Å². The van der Waals surface area contributed by atoms with Gasteiger partial charge in [0.2, 0.25) is 0 Å². The minimum Gasteiger partial charge on any atom is -0.478 e. The smallest absolute Gasteiger partial charge is 0.335 e. The number of rotatable bonds is 5. The van der Waals surface area contributed by atoms with Crippen LogP contribution in [0.15, 0.2) is 140 Å². The van der Waals surface area contributed by atoms with E-state index in [4.69, 9.17) is 9.97 Å². The van der Waals surface area contributed by atoms with Crippen LogP contribution in [0.4, 0.5) is 0 Å². The number of carbonyl (C=O) groups is 1. The van der Waals surface area contributed by atoms with Crippen LogP contribution in [0.5, 0.6) is 0 Å². The molecule has 4 aromatic carbocycles. The van der Waals surface area contributed by atoms with Gasteiger partial charge in [0, 0.05) is 44.3 Å². The highest BCUT2D eigenvalue weighted by molar-refractivity contribution is 6.00. The first-order valence-electron chi connectivity index (χ1n) is 16.8. The van der Waals surface area contributed by atoms with E-state index in [0.717, 1.165) is 89.4 Å². The maximum Gasteiger partial charge on any atom is 0.335 e. The Kier molecular flexibility index (Phi) is 7.33. The third kappa shape index (κ3) is 5.45. The van der Waals surface area contributed by atoms with Crippen molar-refractivity contribution in [3.8, 4) is 44.5 Å². The zero-order valence-corrected chi connectivity index (χ0v) is 27.3. The van der Waals surface area contributed by atoms with Gasteiger partial charge in [-0.3, -0.25) is 0 Å². The van der Waals surface area contributed by atoms with E-state index in [2.05, 4.69) is 76.7 Å². The molecule has 9 rings (SSSR count). The maximum absolute atomic E-state index is 12.1. The number of aromatic amines is 2. The highest BCUT2D eigenvalue weighted by atomic mass is 16.4. The van der Waals surface area contributed by atoms with Crippen LogP contribution in [0.2, 0.25) is 0 Å². The predicted octanol–water partition coefficient (Wildman–Crippen LogP) is 11.0. The summed E-state index contributed by atoms with van der Waals surface area (Å²) in [5.41, 5.74) is 14.5. The lowest BCUT2D eigenvalue weighted by molar-refractivity contribution is 0.0697. The topological polar surface area (TPSA) is 94.7 Å². The summed E-state index contributed by atoms with van der Waals surface area (Å²) in [5, 5.41) is 9.92. The molecule has 2 aliphatic heterocycles. The van der Waals surface area contributed by atoms with E-state index >= 15 is 0 Å². The molecule has 0 radical (unpaired) electrons. The largest absolute Gasteiger partial charge is 0.478 e. The van der Waals surface area contributed by atoms with Gasteiger partial charge in [0.25, 0.3) is 0 Å². The molecule has 51 heavy (non-hydrogen) atoms. The molecule has 6 nitrogen and oxygen atoms in total. The van der Waals surface area contributed by atoms with Gasteiger partial charge in [0.05, 0.1) is 28.3 Å². The summed E-state index contributed by atoms with van der Waals surface area (Å²) in [6.45, 7) is 0. The van der Waals surface area contributed by atoms with Crippen molar-refractivity contribution in [3.05, 3.63) is 168 Å². The molecule has 7 aromatic rings. The average Bonchev–Trinajstić information content (AvgIpc) is 4.01. The third-order valence-electron chi connectivity index (χ3n) is 9.34. The van der Waals surface area contributed by atoms with Crippen LogP contribution < -0.4 is 0 Å². The Morgan fingerprint density at radius 2 is 0.745 bits per heavy atom. The molecule has 0 saturated heterocycles. The lowest BCUT2D eigenvalue weighted by Gasteiger charge is -2.07. The molecular weight excluding hydrogens is 629 g/mol. The SMILES string of the molecule is O=C(O)c1cccc(-c2c3nc(c(-c4ccccc4)c4ccc([nH]4)c(-c4ccccc4)c4nc(c(-c5ccccc5)c5ccc2[nH]5)C=C4)C=C3)c1. The van der Waals surface area contributed by atoms with Crippen LogP contribution in [0, 0.1) is 0 Å². The zero-order valence-electron chi connectivity index (χ0n) is 27.3. The monoisotopic (exact) mass is 658 g/mol. The molecule has 0 spiro atoms. The van der Waals surface area contributed by atoms with Gasteiger partial charge in [-0.2, -0.15) is 0 Å². The Hall–Kier alpha value is -7.05. The Labute approximate surface area is 293 Å². The van der Waals surface area contributed by atoms with Crippen molar-refractivity contribution < 1.29 is 9.90 Å². The van der Waals surface area contributed by atoms with Gasteiger partial charge >= 0.3 is 5.97 Å². The summed E-state index contributed by atoms with van der Waals surface area (Å²) < 4.78 is 0. The number of hydrogen-bond acceptors (Lipinski definition) is 3. The van der Waals surface area contributed by atoms with E-state index in [9.17, 15) is 9.90 Å². The molecule has 3 N–H and O–H groups in total.